The summed E-state index contributed by atoms with van der Waals surface area (Å²) in [6.45, 7) is 0. The van der Waals surface area contributed by atoms with Gasteiger partial charge in [-0.15, -0.1) is 13.2 Å². The first-order valence-electron chi connectivity index (χ1n) is 6.70. The standard InChI is InChI=1S/C14H16F3NO3/c15-14(16,17)21-11-7-3-4-9(8-11)12(13(19)20)18-10-5-1-2-6-10/h3-4,7-8,10,12,18H,1-2,5-6H2,(H,19,20). The van der Waals surface area contributed by atoms with E-state index in [-0.39, 0.29) is 11.6 Å². The summed E-state index contributed by atoms with van der Waals surface area (Å²) in [4.78, 5) is 11.4. The smallest absolute Gasteiger partial charge is 0.480 e. The van der Waals surface area contributed by atoms with Crippen LogP contribution in [0, 0.1) is 0 Å². The van der Waals surface area contributed by atoms with Crippen molar-refractivity contribution < 1.29 is 27.8 Å². The zero-order chi connectivity index (χ0) is 15.5. The molecule has 1 saturated carbocycles. The van der Waals surface area contributed by atoms with Crippen molar-refractivity contribution in [2.75, 3.05) is 0 Å². The van der Waals surface area contributed by atoms with Gasteiger partial charge in [0.05, 0.1) is 0 Å². The molecule has 1 unspecified atom stereocenters. The Hall–Kier alpha value is -1.76. The average molecular weight is 303 g/mol. The minimum Gasteiger partial charge on any atom is -0.480 e. The van der Waals surface area contributed by atoms with Crippen molar-refractivity contribution in [2.24, 2.45) is 0 Å². The molecule has 0 heterocycles. The van der Waals surface area contributed by atoms with Gasteiger partial charge in [-0.1, -0.05) is 25.0 Å². The largest absolute Gasteiger partial charge is 0.573 e. The molecule has 0 spiro atoms. The first-order valence-corrected chi connectivity index (χ1v) is 6.70. The Balaban J connectivity index is 2.15. The molecule has 1 aromatic rings. The number of alkyl halides is 3. The lowest BCUT2D eigenvalue weighted by Gasteiger charge is -2.20. The van der Waals surface area contributed by atoms with Crippen molar-refractivity contribution in [3.63, 3.8) is 0 Å². The topological polar surface area (TPSA) is 58.6 Å². The van der Waals surface area contributed by atoms with Crippen molar-refractivity contribution in [1.29, 1.82) is 0 Å². The minimum absolute atomic E-state index is 0.0818. The van der Waals surface area contributed by atoms with Crippen molar-refractivity contribution in [1.82, 2.24) is 5.32 Å². The normalized spacial score (nSPS) is 17.7. The van der Waals surface area contributed by atoms with Crippen molar-refractivity contribution >= 4 is 5.97 Å². The summed E-state index contributed by atoms with van der Waals surface area (Å²) < 4.78 is 40.4. The van der Waals surface area contributed by atoms with Crippen LogP contribution in [0.5, 0.6) is 5.75 Å². The molecule has 0 saturated heterocycles. The molecule has 1 aliphatic rings. The van der Waals surface area contributed by atoms with Crippen molar-refractivity contribution in [3.8, 4) is 5.75 Å². The Morgan fingerprint density at radius 1 is 1.33 bits per heavy atom. The molecule has 0 radical (unpaired) electrons. The van der Waals surface area contributed by atoms with Crippen LogP contribution in [0.2, 0.25) is 0 Å². The zero-order valence-electron chi connectivity index (χ0n) is 11.2. The number of halogens is 3. The lowest BCUT2D eigenvalue weighted by molar-refractivity contribution is -0.274. The molecule has 116 valence electrons. The summed E-state index contributed by atoms with van der Waals surface area (Å²) in [7, 11) is 0. The number of carboxylic acids is 1. The third-order valence-corrected chi connectivity index (χ3v) is 3.43. The van der Waals surface area contributed by atoms with E-state index < -0.39 is 24.1 Å². The Morgan fingerprint density at radius 3 is 2.57 bits per heavy atom. The molecule has 2 rings (SSSR count). The third-order valence-electron chi connectivity index (χ3n) is 3.43. The van der Waals surface area contributed by atoms with Crippen LogP contribution >= 0.6 is 0 Å². The van der Waals surface area contributed by atoms with Crippen LogP contribution < -0.4 is 10.1 Å². The lowest BCUT2D eigenvalue weighted by Crippen LogP contribution is -2.35. The minimum atomic E-state index is -4.80. The Bertz CT molecular complexity index is 498. The molecule has 0 amide bonds. The van der Waals surface area contributed by atoms with E-state index in [0.29, 0.717) is 0 Å². The van der Waals surface area contributed by atoms with Crippen LogP contribution in [0.15, 0.2) is 24.3 Å². The van der Waals surface area contributed by atoms with Gasteiger partial charge in [-0.2, -0.15) is 0 Å². The van der Waals surface area contributed by atoms with E-state index in [2.05, 4.69) is 10.1 Å². The maximum Gasteiger partial charge on any atom is 0.573 e. The molecule has 0 bridgehead atoms. The highest BCUT2D eigenvalue weighted by Gasteiger charge is 2.32. The van der Waals surface area contributed by atoms with E-state index in [9.17, 15) is 23.1 Å². The van der Waals surface area contributed by atoms with Crippen molar-refractivity contribution in [2.45, 2.75) is 44.1 Å². The molecular formula is C14H16F3NO3. The summed E-state index contributed by atoms with van der Waals surface area (Å²) >= 11 is 0. The monoisotopic (exact) mass is 303 g/mol. The number of hydrogen-bond acceptors (Lipinski definition) is 3. The number of rotatable bonds is 5. The summed E-state index contributed by atoms with van der Waals surface area (Å²) in [5.74, 6) is -1.54. The average Bonchev–Trinajstić information content (AvgIpc) is 2.86. The van der Waals surface area contributed by atoms with E-state index in [4.69, 9.17) is 0 Å². The van der Waals surface area contributed by atoms with Crippen LogP contribution in [0.4, 0.5) is 13.2 Å². The van der Waals surface area contributed by atoms with Gasteiger partial charge in [-0.25, -0.2) is 0 Å². The first-order chi connectivity index (χ1) is 9.85. The fraction of sp³-hybridized carbons (Fsp3) is 0.500. The van der Waals surface area contributed by atoms with Gasteiger partial charge in [0.2, 0.25) is 0 Å². The van der Waals surface area contributed by atoms with E-state index in [1.54, 1.807) is 0 Å². The highest BCUT2D eigenvalue weighted by molar-refractivity contribution is 5.75. The summed E-state index contributed by atoms with van der Waals surface area (Å²) in [5.41, 5.74) is 0.246. The second-order valence-corrected chi connectivity index (χ2v) is 5.04. The quantitative estimate of drug-likeness (QED) is 0.876. The van der Waals surface area contributed by atoms with Crippen LogP contribution in [-0.2, 0) is 4.79 Å². The van der Waals surface area contributed by atoms with Crippen LogP contribution in [0.25, 0.3) is 0 Å². The Kier molecular flexibility index (Phi) is 4.72. The highest BCUT2D eigenvalue weighted by atomic mass is 19.4. The van der Waals surface area contributed by atoms with Crippen LogP contribution in [-0.4, -0.2) is 23.5 Å². The molecule has 0 aliphatic heterocycles. The van der Waals surface area contributed by atoms with Gasteiger partial charge in [0.25, 0.3) is 0 Å². The number of nitrogens with one attached hydrogen (secondary N) is 1. The van der Waals surface area contributed by atoms with Gasteiger partial charge in [0.1, 0.15) is 11.8 Å². The second kappa shape index (κ2) is 6.34. The van der Waals surface area contributed by atoms with Gasteiger partial charge in [0, 0.05) is 6.04 Å². The number of benzene rings is 1. The van der Waals surface area contributed by atoms with Crippen LogP contribution in [0.1, 0.15) is 37.3 Å². The molecule has 4 nitrogen and oxygen atoms in total. The van der Waals surface area contributed by atoms with Gasteiger partial charge in [-0.3, -0.25) is 10.1 Å². The van der Waals surface area contributed by atoms with Crippen LogP contribution in [0.3, 0.4) is 0 Å². The Morgan fingerprint density at radius 2 is 2.00 bits per heavy atom. The maximum atomic E-state index is 12.2. The van der Waals surface area contributed by atoms with E-state index in [1.807, 2.05) is 0 Å². The number of carboxylic acid groups (broad SMARTS) is 1. The molecule has 2 N–H and O–H groups in total. The predicted molar refractivity (Wildman–Crippen MR) is 68.9 cm³/mol. The lowest BCUT2D eigenvalue weighted by atomic mass is 10.1. The summed E-state index contributed by atoms with van der Waals surface area (Å²) in [6.07, 6.45) is -0.982. The van der Waals surface area contributed by atoms with E-state index in [1.165, 1.54) is 12.1 Å². The molecule has 0 aromatic heterocycles. The summed E-state index contributed by atoms with van der Waals surface area (Å²) in [5, 5.41) is 12.3. The fourth-order valence-electron chi connectivity index (χ4n) is 2.53. The first kappa shape index (κ1) is 15.6. The molecule has 21 heavy (non-hydrogen) atoms. The molecular weight excluding hydrogens is 287 g/mol. The predicted octanol–water partition coefficient (Wildman–Crippen LogP) is 3.24. The fourth-order valence-corrected chi connectivity index (χ4v) is 2.53. The molecule has 1 aromatic carbocycles. The van der Waals surface area contributed by atoms with E-state index >= 15 is 0 Å². The zero-order valence-corrected chi connectivity index (χ0v) is 11.2. The second-order valence-electron chi connectivity index (χ2n) is 5.04. The van der Waals surface area contributed by atoms with Crippen molar-refractivity contribution in [3.05, 3.63) is 29.8 Å². The van der Waals surface area contributed by atoms with Gasteiger partial charge in [0.15, 0.2) is 0 Å². The maximum absolute atomic E-state index is 12.2. The van der Waals surface area contributed by atoms with E-state index in [0.717, 1.165) is 37.8 Å². The van der Waals surface area contributed by atoms with Gasteiger partial charge in [-0.05, 0) is 30.5 Å². The molecule has 1 atom stereocenters. The number of hydrogen-bond donors (Lipinski definition) is 2. The molecule has 1 fully saturated rings. The van der Waals surface area contributed by atoms with Gasteiger partial charge >= 0.3 is 12.3 Å². The molecule has 7 heteroatoms. The highest BCUT2D eigenvalue weighted by Crippen LogP contribution is 2.27. The Labute approximate surface area is 119 Å². The summed E-state index contributed by atoms with van der Waals surface area (Å²) in [6, 6.07) is 4.12. The number of carbonyl (C=O) groups is 1. The third kappa shape index (κ3) is 4.63. The van der Waals surface area contributed by atoms with Gasteiger partial charge < -0.3 is 9.84 Å². The number of aliphatic carboxylic acids is 1. The number of ether oxygens (including phenoxy) is 1. The SMILES string of the molecule is O=C(O)C(NC1CCCC1)c1cccc(OC(F)(F)F)c1. The molecule has 1 aliphatic carbocycles.